The van der Waals surface area contributed by atoms with Crippen molar-refractivity contribution in [2.75, 3.05) is 0 Å². The molecule has 0 bridgehead atoms. The summed E-state index contributed by atoms with van der Waals surface area (Å²) in [6.45, 7) is 1.70. The van der Waals surface area contributed by atoms with E-state index in [-0.39, 0.29) is 24.8 Å². The lowest BCUT2D eigenvalue weighted by Gasteiger charge is -2.03. The third-order valence-electron chi connectivity index (χ3n) is 2.13. The summed E-state index contributed by atoms with van der Waals surface area (Å²) >= 11 is 0. The van der Waals surface area contributed by atoms with Crippen LogP contribution >= 0.6 is 24.8 Å². The summed E-state index contributed by atoms with van der Waals surface area (Å²) in [7, 11) is 0. The molecule has 1 N–H and O–H groups in total. The Morgan fingerprint density at radius 3 is 2.18 bits per heavy atom. The molecular weight excluding hydrogens is 257 g/mol. The summed E-state index contributed by atoms with van der Waals surface area (Å²) in [6, 6.07) is 8.03. The number of rotatable bonds is 4. The van der Waals surface area contributed by atoms with Crippen molar-refractivity contribution in [3.8, 4) is 0 Å². The number of aromatic nitrogens is 2. The number of pyridine rings is 2. The Bertz CT molecular complexity index is 356. The molecule has 0 aliphatic carbocycles. The minimum Gasteiger partial charge on any atom is -0.309 e. The van der Waals surface area contributed by atoms with Gasteiger partial charge < -0.3 is 5.32 Å². The van der Waals surface area contributed by atoms with Gasteiger partial charge >= 0.3 is 0 Å². The average Bonchev–Trinajstić information content (AvgIpc) is 2.32. The van der Waals surface area contributed by atoms with Gasteiger partial charge in [-0.2, -0.15) is 0 Å². The molecule has 0 fully saturated rings. The first-order chi connectivity index (χ1) is 7.45. The van der Waals surface area contributed by atoms with Gasteiger partial charge in [-0.05, 0) is 29.3 Å². The summed E-state index contributed by atoms with van der Waals surface area (Å²) < 4.78 is 0. The highest BCUT2D eigenvalue weighted by molar-refractivity contribution is 5.85. The lowest BCUT2D eigenvalue weighted by Crippen LogP contribution is -2.12. The van der Waals surface area contributed by atoms with E-state index in [1.54, 1.807) is 18.6 Å². The predicted molar refractivity (Wildman–Crippen MR) is 73.5 cm³/mol. The summed E-state index contributed by atoms with van der Waals surface area (Å²) in [4.78, 5) is 8.03. The summed E-state index contributed by atoms with van der Waals surface area (Å²) in [5.41, 5.74) is 2.44. The zero-order chi connectivity index (χ0) is 10.3. The third kappa shape index (κ3) is 5.63. The molecule has 0 spiro atoms. The molecule has 0 saturated carbocycles. The molecule has 0 aliphatic heterocycles. The van der Waals surface area contributed by atoms with E-state index < -0.39 is 0 Å². The number of nitrogens with zero attached hydrogens (tertiary/aromatic N) is 2. The van der Waals surface area contributed by atoms with Crippen molar-refractivity contribution in [1.82, 2.24) is 15.3 Å². The first-order valence-corrected chi connectivity index (χ1v) is 4.94. The molecule has 3 nitrogen and oxygen atoms in total. The molecule has 2 aromatic rings. The van der Waals surface area contributed by atoms with Gasteiger partial charge in [-0.3, -0.25) is 9.97 Å². The van der Waals surface area contributed by atoms with Crippen LogP contribution in [0.2, 0.25) is 0 Å². The Hall–Kier alpha value is -1.16. The van der Waals surface area contributed by atoms with E-state index in [0.29, 0.717) is 0 Å². The first-order valence-electron chi connectivity index (χ1n) is 4.94. The Morgan fingerprint density at radius 1 is 0.824 bits per heavy atom. The maximum absolute atomic E-state index is 4.06. The summed E-state index contributed by atoms with van der Waals surface area (Å²) in [6.07, 6.45) is 7.27. The van der Waals surface area contributed by atoms with Crippen molar-refractivity contribution in [3.63, 3.8) is 0 Å². The van der Waals surface area contributed by atoms with E-state index in [1.165, 1.54) is 11.1 Å². The summed E-state index contributed by atoms with van der Waals surface area (Å²) in [5, 5.41) is 3.35. The van der Waals surface area contributed by atoms with E-state index in [9.17, 15) is 0 Å². The van der Waals surface area contributed by atoms with Crippen LogP contribution in [0.3, 0.4) is 0 Å². The Kier molecular flexibility index (Phi) is 8.32. The van der Waals surface area contributed by atoms with Crippen molar-refractivity contribution < 1.29 is 0 Å². The minimum atomic E-state index is 0. The molecular formula is C12H15Cl2N3. The number of halogens is 2. The van der Waals surface area contributed by atoms with Crippen LogP contribution in [0.5, 0.6) is 0 Å². The average molecular weight is 272 g/mol. The molecule has 92 valence electrons. The van der Waals surface area contributed by atoms with Crippen molar-refractivity contribution in [2.45, 2.75) is 13.1 Å². The van der Waals surface area contributed by atoms with Gasteiger partial charge in [0.15, 0.2) is 0 Å². The maximum atomic E-state index is 4.06. The molecule has 2 heterocycles. The molecule has 5 heteroatoms. The number of nitrogens with one attached hydrogen (secondary N) is 1. The molecule has 0 aliphatic rings. The van der Waals surface area contributed by atoms with Crippen molar-refractivity contribution in [3.05, 3.63) is 60.2 Å². The van der Waals surface area contributed by atoms with Gasteiger partial charge in [-0.25, -0.2) is 0 Å². The maximum Gasteiger partial charge on any atom is 0.0312 e. The highest BCUT2D eigenvalue weighted by atomic mass is 35.5. The second kappa shape index (κ2) is 8.93. The van der Waals surface area contributed by atoms with Gasteiger partial charge in [0.1, 0.15) is 0 Å². The van der Waals surface area contributed by atoms with Crippen LogP contribution in [0, 0.1) is 0 Å². The van der Waals surface area contributed by atoms with E-state index >= 15 is 0 Å². The van der Waals surface area contributed by atoms with E-state index in [2.05, 4.69) is 21.4 Å². The minimum absolute atomic E-state index is 0. The van der Waals surface area contributed by atoms with Crippen LogP contribution in [-0.4, -0.2) is 9.97 Å². The van der Waals surface area contributed by atoms with Gasteiger partial charge in [-0.1, -0.05) is 6.07 Å². The summed E-state index contributed by atoms with van der Waals surface area (Å²) in [5.74, 6) is 0. The Morgan fingerprint density at radius 2 is 1.53 bits per heavy atom. The molecule has 2 rings (SSSR count). The van der Waals surface area contributed by atoms with Gasteiger partial charge in [0.2, 0.25) is 0 Å². The molecule has 0 radical (unpaired) electrons. The second-order valence-corrected chi connectivity index (χ2v) is 3.32. The van der Waals surface area contributed by atoms with Gasteiger partial charge in [0.25, 0.3) is 0 Å². The predicted octanol–water partition coefficient (Wildman–Crippen LogP) is 2.61. The van der Waals surface area contributed by atoms with Crippen LogP contribution in [0.25, 0.3) is 0 Å². The zero-order valence-corrected chi connectivity index (χ0v) is 10.9. The van der Waals surface area contributed by atoms with E-state index in [4.69, 9.17) is 0 Å². The fourth-order valence-electron chi connectivity index (χ4n) is 1.35. The molecule has 0 unspecified atom stereocenters. The van der Waals surface area contributed by atoms with Crippen LogP contribution in [-0.2, 0) is 13.1 Å². The molecule has 0 saturated heterocycles. The Balaban J connectivity index is 0.00000128. The number of hydrogen-bond acceptors (Lipinski definition) is 3. The molecule has 0 atom stereocenters. The quantitative estimate of drug-likeness (QED) is 0.929. The smallest absolute Gasteiger partial charge is 0.0312 e. The van der Waals surface area contributed by atoms with Crippen LogP contribution in [0.15, 0.2) is 49.1 Å². The monoisotopic (exact) mass is 271 g/mol. The van der Waals surface area contributed by atoms with Crippen molar-refractivity contribution in [2.24, 2.45) is 0 Å². The lowest BCUT2D eigenvalue weighted by molar-refractivity contribution is 0.691. The van der Waals surface area contributed by atoms with Crippen LogP contribution in [0.4, 0.5) is 0 Å². The van der Waals surface area contributed by atoms with Crippen molar-refractivity contribution >= 4 is 24.8 Å². The molecule has 0 aromatic carbocycles. The van der Waals surface area contributed by atoms with Gasteiger partial charge in [0, 0.05) is 37.9 Å². The second-order valence-electron chi connectivity index (χ2n) is 3.32. The molecule has 2 aromatic heterocycles. The topological polar surface area (TPSA) is 37.8 Å². The zero-order valence-electron chi connectivity index (χ0n) is 9.24. The lowest BCUT2D eigenvalue weighted by atomic mass is 10.2. The van der Waals surface area contributed by atoms with Crippen LogP contribution < -0.4 is 5.32 Å². The SMILES string of the molecule is Cl.Cl.c1cncc(CNCc2ccncc2)c1. The molecule has 0 amide bonds. The standard InChI is InChI=1S/C12H13N3.2ClH/c1-2-12(9-14-5-1)10-15-8-11-3-6-13-7-4-11;;/h1-7,9,15H,8,10H2;2*1H. The van der Waals surface area contributed by atoms with Crippen LogP contribution in [0.1, 0.15) is 11.1 Å². The van der Waals surface area contributed by atoms with E-state index in [0.717, 1.165) is 13.1 Å². The highest BCUT2D eigenvalue weighted by Crippen LogP contribution is 1.98. The fraction of sp³-hybridized carbons (Fsp3) is 0.167. The number of hydrogen-bond donors (Lipinski definition) is 1. The molecule has 17 heavy (non-hydrogen) atoms. The normalized spacial score (nSPS) is 8.94. The van der Waals surface area contributed by atoms with Gasteiger partial charge in [-0.15, -0.1) is 24.8 Å². The highest BCUT2D eigenvalue weighted by Gasteiger charge is 1.92. The Labute approximate surface area is 114 Å². The fourth-order valence-corrected chi connectivity index (χ4v) is 1.35. The van der Waals surface area contributed by atoms with E-state index in [1.807, 2.05) is 24.4 Å². The largest absolute Gasteiger partial charge is 0.309 e. The third-order valence-corrected chi connectivity index (χ3v) is 2.13. The first kappa shape index (κ1) is 15.8. The van der Waals surface area contributed by atoms with Crippen molar-refractivity contribution in [1.29, 1.82) is 0 Å². The van der Waals surface area contributed by atoms with Gasteiger partial charge in [0.05, 0.1) is 0 Å².